The SMILES string of the molecule is CN(C(=O)c1ccc(OCC(F)(F)F)nc1)C(c1ccccc1)c1ccc(F)cc1. The molecule has 1 amide bonds. The third kappa shape index (κ3) is 5.34. The van der Waals surface area contributed by atoms with Gasteiger partial charge in [0.15, 0.2) is 6.61 Å². The minimum Gasteiger partial charge on any atom is -0.468 e. The lowest BCUT2D eigenvalue weighted by molar-refractivity contribution is -0.154. The second-order valence-corrected chi connectivity index (χ2v) is 6.57. The van der Waals surface area contributed by atoms with E-state index in [0.29, 0.717) is 5.56 Å². The Morgan fingerprint density at radius 1 is 1.00 bits per heavy atom. The number of nitrogens with zero attached hydrogens (tertiary/aromatic N) is 2. The summed E-state index contributed by atoms with van der Waals surface area (Å²) in [4.78, 5) is 18.3. The van der Waals surface area contributed by atoms with Crippen LogP contribution in [-0.4, -0.2) is 35.6 Å². The van der Waals surface area contributed by atoms with Gasteiger partial charge in [0, 0.05) is 19.3 Å². The predicted octanol–water partition coefficient (Wildman–Crippen LogP) is 5.02. The average Bonchev–Trinajstić information content (AvgIpc) is 2.74. The van der Waals surface area contributed by atoms with E-state index in [-0.39, 0.29) is 11.4 Å². The van der Waals surface area contributed by atoms with Crippen LogP contribution < -0.4 is 4.74 Å². The van der Waals surface area contributed by atoms with Gasteiger partial charge in [-0.3, -0.25) is 4.79 Å². The van der Waals surface area contributed by atoms with Crippen molar-refractivity contribution >= 4 is 5.91 Å². The number of alkyl halides is 3. The van der Waals surface area contributed by atoms with Crippen LogP contribution in [0.3, 0.4) is 0 Å². The summed E-state index contributed by atoms with van der Waals surface area (Å²) in [7, 11) is 1.59. The van der Waals surface area contributed by atoms with Gasteiger partial charge in [0.05, 0.1) is 11.6 Å². The third-order valence-corrected chi connectivity index (χ3v) is 4.38. The normalized spacial score (nSPS) is 12.3. The number of halogens is 4. The Balaban J connectivity index is 1.84. The molecule has 0 aliphatic rings. The van der Waals surface area contributed by atoms with Gasteiger partial charge in [0.2, 0.25) is 5.88 Å². The smallest absolute Gasteiger partial charge is 0.422 e. The van der Waals surface area contributed by atoms with Gasteiger partial charge >= 0.3 is 6.18 Å². The molecular weight excluding hydrogens is 400 g/mol. The van der Waals surface area contributed by atoms with E-state index in [9.17, 15) is 22.4 Å². The maximum Gasteiger partial charge on any atom is 0.422 e. The molecule has 3 rings (SSSR count). The monoisotopic (exact) mass is 418 g/mol. The van der Waals surface area contributed by atoms with Gasteiger partial charge in [-0.2, -0.15) is 13.2 Å². The van der Waals surface area contributed by atoms with Crippen molar-refractivity contribution in [3.8, 4) is 5.88 Å². The van der Waals surface area contributed by atoms with E-state index in [1.165, 1.54) is 29.2 Å². The fourth-order valence-corrected chi connectivity index (χ4v) is 2.99. The summed E-state index contributed by atoms with van der Waals surface area (Å²) in [5.74, 6) is -1.02. The molecule has 4 nitrogen and oxygen atoms in total. The quantitative estimate of drug-likeness (QED) is 0.528. The van der Waals surface area contributed by atoms with Crippen LogP contribution in [0.5, 0.6) is 5.88 Å². The van der Waals surface area contributed by atoms with Crippen molar-refractivity contribution in [3.05, 3.63) is 95.4 Å². The maximum absolute atomic E-state index is 13.4. The minimum atomic E-state index is -4.48. The number of ether oxygens (including phenoxy) is 1. The van der Waals surface area contributed by atoms with E-state index < -0.39 is 30.5 Å². The zero-order valence-electron chi connectivity index (χ0n) is 15.9. The van der Waals surface area contributed by atoms with E-state index in [4.69, 9.17) is 0 Å². The fraction of sp³-hybridized carbons (Fsp3) is 0.182. The van der Waals surface area contributed by atoms with E-state index in [0.717, 1.165) is 11.8 Å². The van der Waals surface area contributed by atoms with Crippen LogP contribution in [0.25, 0.3) is 0 Å². The molecule has 0 radical (unpaired) electrons. The molecule has 1 unspecified atom stereocenters. The number of benzene rings is 2. The van der Waals surface area contributed by atoms with E-state index in [1.807, 2.05) is 30.3 Å². The molecule has 0 aliphatic carbocycles. The molecule has 3 aromatic rings. The minimum absolute atomic E-state index is 0.180. The summed E-state index contributed by atoms with van der Waals surface area (Å²) in [5, 5.41) is 0. The molecule has 0 bridgehead atoms. The van der Waals surface area contributed by atoms with Crippen LogP contribution in [0.4, 0.5) is 17.6 Å². The Labute approximate surface area is 170 Å². The summed E-state index contributed by atoms with van der Waals surface area (Å²) in [6, 6.07) is 17.1. The highest BCUT2D eigenvalue weighted by Gasteiger charge is 2.29. The standard InChI is InChI=1S/C22H18F4N2O2/c1-28(21(29)17-9-12-19(27-13-17)30-14-22(24,25)26)20(15-5-3-2-4-6-15)16-7-10-18(23)11-8-16/h2-13,20H,14H2,1H3. The van der Waals surface area contributed by atoms with E-state index >= 15 is 0 Å². The van der Waals surface area contributed by atoms with Gasteiger partial charge in [-0.25, -0.2) is 9.37 Å². The van der Waals surface area contributed by atoms with Gasteiger partial charge in [0.1, 0.15) is 5.82 Å². The summed E-state index contributed by atoms with van der Waals surface area (Å²) >= 11 is 0. The molecule has 0 saturated heterocycles. The second-order valence-electron chi connectivity index (χ2n) is 6.57. The molecule has 0 spiro atoms. The summed E-state index contributed by atoms with van der Waals surface area (Å²) in [5.41, 5.74) is 1.70. The molecule has 1 atom stereocenters. The fourth-order valence-electron chi connectivity index (χ4n) is 2.99. The summed E-state index contributed by atoms with van der Waals surface area (Å²) < 4.78 is 54.7. The van der Waals surface area contributed by atoms with Gasteiger partial charge in [-0.15, -0.1) is 0 Å². The molecule has 1 aromatic heterocycles. The molecule has 0 N–H and O–H groups in total. The Morgan fingerprint density at radius 2 is 1.63 bits per heavy atom. The Bertz CT molecular complexity index is 975. The van der Waals surface area contributed by atoms with Crippen molar-refractivity contribution in [2.24, 2.45) is 0 Å². The van der Waals surface area contributed by atoms with E-state index in [2.05, 4.69) is 9.72 Å². The zero-order chi connectivity index (χ0) is 21.7. The maximum atomic E-state index is 13.4. The lowest BCUT2D eigenvalue weighted by Gasteiger charge is -2.29. The number of pyridine rings is 1. The highest BCUT2D eigenvalue weighted by Crippen LogP contribution is 2.29. The molecule has 2 aromatic carbocycles. The number of carbonyl (C=O) groups excluding carboxylic acids is 1. The number of carbonyl (C=O) groups is 1. The van der Waals surface area contributed by atoms with Gasteiger partial charge in [-0.1, -0.05) is 42.5 Å². The largest absolute Gasteiger partial charge is 0.468 e. The number of hydrogen-bond donors (Lipinski definition) is 0. The van der Waals surface area contributed by atoms with Crippen molar-refractivity contribution < 1.29 is 27.1 Å². The topological polar surface area (TPSA) is 42.4 Å². The zero-order valence-corrected chi connectivity index (χ0v) is 15.9. The molecule has 156 valence electrons. The first kappa shape index (κ1) is 21.3. The van der Waals surface area contributed by atoms with Crippen LogP contribution in [-0.2, 0) is 0 Å². The van der Waals surface area contributed by atoms with Crippen LogP contribution in [0, 0.1) is 5.82 Å². The van der Waals surface area contributed by atoms with Crippen molar-refractivity contribution in [2.75, 3.05) is 13.7 Å². The summed E-state index contributed by atoms with van der Waals surface area (Å²) in [6.07, 6.45) is -3.31. The number of aromatic nitrogens is 1. The lowest BCUT2D eigenvalue weighted by Crippen LogP contribution is -2.32. The molecule has 1 heterocycles. The Kier molecular flexibility index (Phi) is 6.34. The Morgan fingerprint density at radius 3 is 2.20 bits per heavy atom. The van der Waals surface area contributed by atoms with Crippen LogP contribution >= 0.6 is 0 Å². The predicted molar refractivity (Wildman–Crippen MR) is 103 cm³/mol. The lowest BCUT2D eigenvalue weighted by atomic mass is 9.97. The van der Waals surface area contributed by atoms with Crippen LogP contribution in [0.1, 0.15) is 27.5 Å². The first-order valence-electron chi connectivity index (χ1n) is 8.98. The number of amides is 1. The van der Waals surface area contributed by atoms with Crippen molar-refractivity contribution in [2.45, 2.75) is 12.2 Å². The van der Waals surface area contributed by atoms with Gasteiger partial charge in [-0.05, 0) is 29.3 Å². The first-order chi connectivity index (χ1) is 14.2. The summed E-state index contributed by atoms with van der Waals surface area (Å²) in [6.45, 7) is -1.46. The molecular formula is C22H18F4N2O2. The van der Waals surface area contributed by atoms with Crippen LogP contribution in [0.2, 0.25) is 0 Å². The number of rotatable bonds is 6. The molecule has 30 heavy (non-hydrogen) atoms. The molecule has 0 fully saturated rings. The van der Waals surface area contributed by atoms with E-state index in [1.54, 1.807) is 19.2 Å². The van der Waals surface area contributed by atoms with Crippen molar-refractivity contribution in [3.63, 3.8) is 0 Å². The van der Waals surface area contributed by atoms with Gasteiger partial charge in [0.25, 0.3) is 5.91 Å². The molecule has 0 saturated carbocycles. The molecule has 8 heteroatoms. The first-order valence-corrected chi connectivity index (χ1v) is 8.98. The highest BCUT2D eigenvalue weighted by molar-refractivity contribution is 5.94. The Hall–Kier alpha value is -3.42. The average molecular weight is 418 g/mol. The van der Waals surface area contributed by atoms with Crippen molar-refractivity contribution in [1.29, 1.82) is 0 Å². The van der Waals surface area contributed by atoms with Gasteiger partial charge < -0.3 is 9.64 Å². The third-order valence-electron chi connectivity index (χ3n) is 4.38. The highest BCUT2D eigenvalue weighted by atomic mass is 19.4. The number of hydrogen-bond acceptors (Lipinski definition) is 3. The van der Waals surface area contributed by atoms with Crippen LogP contribution in [0.15, 0.2) is 72.9 Å². The molecule has 0 aliphatic heterocycles. The van der Waals surface area contributed by atoms with Crippen molar-refractivity contribution in [1.82, 2.24) is 9.88 Å². The second kappa shape index (κ2) is 8.94.